The summed E-state index contributed by atoms with van der Waals surface area (Å²) in [6, 6.07) is 9.08. The Balaban J connectivity index is 2.90. The van der Waals surface area contributed by atoms with Crippen LogP contribution >= 0.6 is 0 Å². The molecule has 3 N–H and O–H groups in total. The van der Waals surface area contributed by atoms with Gasteiger partial charge in [0.2, 0.25) is 0 Å². The molecule has 1 aromatic rings. The molecule has 17 heavy (non-hydrogen) atoms. The van der Waals surface area contributed by atoms with Crippen LogP contribution in [0.4, 0.5) is 5.69 Å². The molecule has 0 heterocycles. The van der Waals surface area contributed by atoms with E-state index < -0.39 is 0 Å². The Morgan fingerprint density at radius 1 is 1.53 bits per heavy atom. The summed E-state index contributed by atoms with van der Waals surface area (Å²) < 4.78 is 0. The van der Waals surface area contributed by atoms with E-state index >= 15 is 0 Å². The number of nitrogens with zero attached hydrogens (tertiary/aromatic N) is 2. The highest BCUT2D eigenvalue weighted by molar-refractivity contribution is 5.99. The second-order valence-electron chi connectivity index (χ2n) is 3.48. The standard InChI is InChI=1S/C12H16N4O/c1-2-16(9-5-8-13)12(17)10-6-3-4-7-11(10)15-14/h3-4,6-7,15H,2,5,9,14H2,1H3. The van der Waals surface area contributed by atoms with Gasteiger partial charge in [-0.2, -0.15) is 5.26 Å². The third-order valence-corrected chi connectivity index (χ3v) is 2.48. The lowest BCUT2D eigenvalue weighted by atomic mass is 10.1. The summed E-state index contributed by atoms with van der Waals surface area (Å²) in [5, 5.41) is 8.54. The number of hydrazine groups is 1. The fourth-order valence-electron chi connectivity index (χ4n) is 1.55. The molecule has 0 fully saturated rings. The van der Waals surface area contributed by atoms with E-state index in [0.29, 0.717) is 30.8 Å². The van der Waals surface area contributed by atoms with E-state index in [1.54, 1.807) is 29.2 Å². The summed E-state index contributed by atoms with van der Waals surface area (Å²) in [7, 11) is 0. The number of nitrogens with two attached hydrogens (primary N) is 1. The SMILES string of the molecule is CCN(CCC#N)C(=O)c1ccccc1NN. The highest BCUT2D eigenvalue weighted by Gasteiger charge is 2.16. The molecular weight excluding hydrogens is 216 g/mol. The maximum atomic E-state index is 12.2. The maximum Gasteiger partial charge on any atom is 0.256 e. The zero-order valence-electron chi connectivity index (χ0n) is 9.81. The molecule has 0 atom stereocenters. The van der Waals surface area contributed by atoms with Crippen molar-refractivity contribution in [3.05, 3.63) is 29.8 Å². The monoisotopic (exact) mass is 232 g/mol. The minimum Gasteiger partial charge on any atom is -0.338 e. The Hall–Kier alpha value is -2.06. The van der Waals surface area contributed by atoms with Gasteiger partial charge in [-0.25, -0.2) is 0 Å². The van der Waals surface area contributed by atoms with Gasteiger partial charge in [-0.1, -0.05) is 12.1 Å². The lowest BCUT2D eigenvalue weighted by Crippen LogP contribution is -2.32. The molecule has 0 spiro atoms. The van der Waals surface area contributed by atoms with Gasteiger partial charge in [-0.15, -0.1) is 0 Å². The summed E-state index contributed by atoms with van der Waals surface area (Å²) >= 11 is 0. The topological polar surface area (TPSA) is 82.2 Å². The molecule has 0 saturated carbocycles. The number of carbonyl (C=O) groups excluding carboxylic acids is 1. The fraction of sp³-hybridized carbons (Fsp3) is 0.333. The number of nitrogens with one attached hydrogen (secondary N) is 1. The Labute approximate surface area is 101 Å². The van der Waals surface area contributed by atoms with Crippen LogP contribution in [0, 0.1) is 11.3 Å². The number of nitrogen functional groups attached to an aromatic ring is 1. The number of carbonyl (C=O) groups is 1. The molecule has 0 aliphatic heterocycles. The van der Waals surface area contributed by atoms with E-state index in [1.807, 2.05) is 13.0 Å². The Kier molecular flexibility index (Phi) is 4.98. The molecule has 0 unspecified atom stereocenters. The van der Waals surface area contributed by atoms with Gasteiger partial charge in [-0.3, -0.25) is 10.6 Å². The number of nitriles is 1. The van der Waals surface area contributed by atoms with Crippen LogP contribution < -0.4 is 11.3 Å². The molecule has 5 nitrogen and oxygen atoms in total. The molecule has 1 rings (SSSR count). The Morgan fingerprint density at radius 3 is 2.82 bits per heavy atom. The minimum absolute atomic E-state index is 0.115. The third-order valence-electron chi connectivity index (χ3n) is 2.48. The van der Waals surface area contributed by atoms with Gasteiger partial charge in [-0.05, 0) is 19.1 Å². The van der Waals surface area contributed by atoms with Gasteiger partial charge in [0.05, 0.1) is 23.7 Å². The molecule has 0 radical (unpaired) electrons. The summed E-state index contributed by atoms with van der Waals surface area (Å²) in [6.45, 7) is 2.89. The van der Waals surface area contributed by atoms with E-state index in [9.17, 15) is 4.79 Å². The lowest BCUT2D eigenvalue weighted by molar-refractivity contribution is 0.0768. The van der Waals surface area contributed by atoms with E-state index in [4.69, 9.17) is 11.1 Å². The van der Waals surface area contributed by atoms with Crippen molar-refractivity contribution in [2.24, 2.45) is 5.84 Å². The van der Waals surface area contributed by atoms with Crippen molar-refractivity contribution >= 4 is 11.6 Å². The average Bonchev–Trinajstić information content (AvgIpc) is 2.39. The predicted molar refractivity (Wildman–Crippen MR) is 66.1 cm³/mol. The number of rotatable bonds is 5. The highest BCUT2D eigenvalue weighted by Crippen LogP contribution is 2.16. The summed E-state index contributed by atoms with van der Waals surface area (Å²) in [4.78, 5) is 13.8. The first-order valence-electron chi connectivity index (χ1n) is 5.46. The Morgan fingerprint density at radius 2 is 2.24 bits per heavy atom. The number of benzene rings is 1. The van der Waals surface area contributed by atoms with Crippen LogP contribution in [0.1, 0.15) is 23.7 Å². The number of para-hydroxylation sites is 1. The van der Waals surface area contributed by atoms with Gasteiger partial charge in [0.25, 0.3) is 5.91 Å². The third kappa shape index (κ3) is 3.20. The molecule has 1 aromatic carbocycles. The first kappa shape index (κ1) is 13.0. The van der Waals surface area contributed by atoms with E-state index in [-0.39, 0.29) is 5.91 Å². The van der Waals surface area contributed by atoms with Gasteiger partial charge in [0.15, 0.2) is 0 Å². The van der Waals surface area contributed by atoms with Crippen molar-refractivity contribution in [1.82, 2.24) is 4.90 Å². The normalized spacial score (nSPS) is 9.47. The van der Waals surface area contributed by atoms with E-state index in [1.165, 1.54) is 0 Å². The van der Waals surface area contributed by atoms with Crippen molar-refractivity contribution in [2.45, 2.75) is 13.3 Å². The number of amides is 1. The largest absolute Gasteiger partial charge is 0.338 e. The van der Waals surface area contributed by atoms with Crippen molar-refractivity contribution in [2.75, 3.05) is 18.5 Å². The number of anilines is 1. The summed E-state index contributed by atoms with van der Waals surface area (Å²) in [5.74, 6) is 5.24. The van der Waals surface area contributed by atoms with Gasteiger partial charge < -0.3 is 10.3 Å². The van der Waals surface area contributed by atoms with Crippen molar-refractivity contribution < 1.29 is 4.79 Å². The first-order chi connectivity index (χ1) is 8.24. The second kappa shape index (κ2) is 6.51. The molecule has 0 aliphatic carbocycles. The van der Waals surface area contributed by atoms with E-state index in [0.717, 1.165) is 0 Å². The van der Waals surface area contributed by atoms with Gasteiger partial charge in [0.1, 0.15) is 0 Å². The van der Waals surface area contributed by atoms with Crippen LogP contribution in [-0.2, 0) is 0 Å². The van der Waals surface area contributed by atoms with Crippen LogP contribution in [0.5, 0.6) is 0 Å². The summed E-state index contributed by atoms with van der Waals surface area (Å²) in [5.41, 5.74) is 3.61. The molecular formula is C12H16N4O. The van der Waals surface area contributed by atoms with E-state index in [2.05, 4.69) is 5.43 Å². The molecule has 90 valence electrons. The quantitative estimate of drug-likeness (QED) is 0.593. The fourth-order valence-corrected chi connectivity index (χ4v) is 1.55. The van der Waals surface area contributed by atoms with Crippen LogP contribution in [-0.4, -0.2) is 23.9 Å². The van der Waals surface area contributed by atoms with Crippen molar-refractivity contribution in [1.29, 1.82) is 5.26 Å². The number of hydrogen-bond donors (Lipinski definition) is 2. The smallest absolute Gasteiger partial charge is 0.256 e. The molecule has 0 aliphatic rings. The zero-order valence-corrected chi connectivity index (χ0v) is 9.81. The molecule has 0 aromatic heterocycles. The summed E-state index contributed by atoms with van der Waals surface area (Å²) in [6.07, 6.45) is 0.331. The van der Waals surface area contributed by atoms with Crippen molar-refractivity contribution in [3.8, 4) is 6.07 Å². The Bertz CT molecular complexity index is 425. The van der Waals surface area contributed by atoms with Crippen LogP contribution in [0.25, 0.3) is 0 Å². The molecule has 0 bridgehead atoms. The molecule has 0 saturated heterocycles. The van der Waals surface area contributed by atoms with Crippen LogP contribution in [0.15, 0.2) is 24.3 Å². The average molecular weight is 232 g/mol. The zero-order chi connectivity index (χ0) is 12.7. The lowest BCUT2D eigenvalue weighted by Gasteiger charge is -2.20. The number of hydrogen-bond acceptors (Lipinski definition) is 4. The van der Waals surface area contributed by atoms with Gasteiger partial charge >= 0.3 is 0 Å². The predicted octanol–water partition coefficient (Wildman–Crippen LogP) is 1.35. The van der Waals surface area contributed by atoms with Crippen molar-refractivity contribution in [3.63, 3.8) is 0 Å². The molecule has 1 amide bonds. The second-order valence-corrected chi connectivity index (χ2v) is 3.48. The van der Waals surface area contributed by atoms with Crippen LogP contribution in [0.3, 0.4) is 0 Å². The van der Waals surface area contributed by atoms with Crippen LogP contribution in [0.2, 0.25) is 0 Å². The minimum atomic E-state index is -0.115. The van der Waals surface area contributed by atoms with Gasteiger partial charge in [0, 0.05) is 13.1 Å². The maximum absolute atomic E-state index is 12.2. The highest BCUT2D eigenvalue weighted by atomic mass is 16.2. The molecule has 5 heteroatoms. The first-order valence-corrected chi connectivity index (χ1v) is 5.46.